The first kappa shape index (κ1) is 19.6. The summed E-state index contributed by atoms with van der Waals surface area (Å²) < 4.78 is 0. The molecule has 0 radical (unpaired) electrons. The van der Waals surface area contributed by atoms with Crippen molar-refractivity contribution in [3.8, 4) is 0 Å². The highest BCUT2D eigenvalue weighted by Gasteiger charge is 2.20. The fourth-order valence-electron chi connectivity index (χ4n) is 2.54. The maximum absolute atomic E-state index is 12.3. The SMILES string of the molecule is Cc1csc(C(CC(C)C)NC(=O)CCC(=O)c2ccccc2Cl)n1. The molecule has 25 heavy (non-hydrogen) atoms. The zero-order chi connectivity index (χ0) is 18.4. The Balaban J connectivity index is 1.95. The molecular weight excluding hydrogens is 356 g/mol. The third-order valence-electron chi connectivity index (χ3n) is 3.73. The number of carbonyl (C=O) groups excluding carboxylic acids is 2. The van der Waals surface area contributed by atoms with Gasteiger partial charge in [0.25, 0.3) is 0 Å². The van der Waals surface area contributed by atoms with Crippen molar-refractivity contribution in [1.82, 2.24) is 10.3 Å². The second-order valence-corrected chi connectivity index (χ2v) is 7.78. The van der Waals surface area contributed by atoms with Gasteiger partial charge in [0.1, 0.15) is 5.01 Å². The molecule has 0 aliphatic carbocycles. The van der Waals surface area contributed by atoms with Crippen molar-refractivity contribution in [3.63, 3.8) is 0 Å². The van der Waals surface area contributed by atoms with E-state index in [1.807, 2.05) is 12.3 Å². The number of hydrogen-bond acceptors (Lipinski definition) is 4. The van der Waals surface area contributed by atoms with Crippen molar-refractivity contribution in [1.29, 1.82) is 0 Å². The molecule has 0 spiro atoms. The number of carbonyl (C=O) groups is 2. The van der Waals surface area contributed by atoms with Crippen molar-refractivity contribution >= 4 is 34.6 Å². The van der Waals surface area contributed by atoms with Gasteiger partial charge in [-0.25, -0.2) is 4.98 Å². The number of Topliss-reactive ketones (excluding diaryl/α,β-unsaturated/α-hetero) is 1. The van der Waals surface area contributed by atoms with Gasteiger partial charge in [-0.05, 0) is 31.4 Å². The van der Waals surface area contributed by atoms with E-state index < -0.39 is 0 Å². The molecule has 0 aliphatic heterocycles. The monoisotopic (exact) mass is 378 g/mol. The summed E-state index contributed by atoms with van der Waals surface area (Å²) in [6.45, 7) is 6.16. The van der Waals surface area contributed by atoms with E-state index in [1.54, 1.807) is 35.6 Å². The van der Waals surface area contributed by atoms with Crippen LogP contribution in [-0.4, -0.2) is 16.7 Å². The highest BCUT2D eigenvalue weighted by Crippen LogP contribution is 2.25. The number of thiazole rings is 1. The molecule has 0 bridgehead atoms. The van der Waals surface area contributed by atoms with Crippen LogP contribution >= 0.6 is 22.9 Å². The minimum Gasteiger partial charge on any atom is -0.347 e. The Morgan fingerprint density at radius 1 is 1.24 bits per heavy atom. The lowest BCUT2D eigenvalue weighted by molar-refractivity contribution is -0.121. The summed E-state index contributed by atoms with van der Waals surface area (Å²) in [4.78, 5) is 29.0. The van der Waals surface area contributed by atoms with Crippen LogP contribution in [-0.2, 0) is 4.79 Å². The van der Waals surface area contributed by atoms with Gasteiger partial charge in [-0.3, -0.25) is 9.59 Å². The number of ketones is 1. The number of nitrogens with zero attached hydrogens (tertiary/aromatic N) is 1. The topological polar surface area (TPSA) is 59.1 Å². The van der Waals surface area contributed by atoms with Crippen molar-refractivity contribution < 1.29 is 9.59 Å². The molecule has 1 unspecified atom stereocenters. The quantitative estimate of drug-likeness (QED) is 0.659. The predicted octanol–water partition coefficient (Wildman–Crippen LogP) is 4.97. The maximum Gasteiger partial charge on any atom is 0.221 e. The average molecular weight is 379 g/mol. The van der Waals surface area contributed by atoms with E-state index in [-0.39, 0.29) is 30.6 Å². The van der Waals surface area contributed by atoms with Crippen LogP contribution < -0.4 is 5.32 Å². The molecule has 1 heterocycles. The van der Waals surface area contributed by atoms with Crippen LogP contribution in [0.15, 0.2) is 29.6 Å². The number of aryl methyl sites for hydroxylation is 1. The number of benzene rings is 1. The van der Waals surface area contributed by atoms with Crippen molar-refractivity contribution in [2.24, 2.45) is 5.92 Å². The summed E-state index contributed by atoms with van der Waals surface area (Å²) in [7, 11) is 0. The minimum atomic E-state index is -0.140. The summed E-state index contributed by atoms with van der Waals surface area (Å²) in [6, 6.07) is 6.79. The van der Waals surface area contributed by atoms with Crippen LogP contribution in [0.3, 0.4) is 0 Å². The summed E-state index contributed by atoms with van der Waals surface area (Å²) in [5.41, 5.74) is 1.42. The van der Waals surface area contributed by atoms with E-state index >= 15 is 0 Å². The van der Waals surface area contributed by atoms with E-state index in [0.717, 1.165) is 17.1 Å². The number of halogens is 1. The van der Waals surface area contributed by atoms with E-state index in [4.69, 9.17) is 11.6 Å². The zero-order valence-electron chi connectivity index (χ0n) is 14.7. The molecule has 1 aromatic carbocycles. The summed E-state index contributed by atoms with van der Waals surface area (Å²) >= 11 is 7.58. The highest BCUT2D eigenvalue weighted by molar-refractivity contribution is 7.09. The number of rotatable bonds is 8. The summed E-state index contributed by atoms with van der Waals surface area (Å²) in [5.74, 6) is 0.171. The highest BCUT2D eigenvalue weighted by atomic mass is 35.5. The average Bonchev–Trinajstić information content (AvgIpc) is 2.98. The Kier molecular flexibility index (Phi) is 7.14. The van der Waals surface area contributed by atoms with Crippen molar-refractivity contribution in [2.75, 3.05) is 0 Å². The van der Waals surface area contributed by atoms with Crippen molar-refractivity contribution in [3.05, 3.63) is 50.9 Å². The fourth-order valence-corrected chi connectivity index (χ4v) is 3.64. The van der Waals surface area contributed by atoms with Crippen molar-refractivity contribution in [2.45, 2.75) is 46.1 Å². The molecule has 1 N–H and O–H groups in total. The Morgan fingerprint density at radius 2 is 1.96 bits per heavy atom. The van der Waals surface area contributed by atoms with Crippen LogP contribution in [0.1, 0.15) is 60.2 Å². The molecule has 1 atom stereocenters. The van der Waals surface area contributed by atoms with Crippen LogP contribution in [0.25, 0.3) is 0 Å². The van der Waals surface area contributed by atoms with Crippen LogP contribution in [0.5, 0.6) is 0 Å². The fraction of sp³-hybridized carbons (Fsp3) is 0.421. The Hall–Kier alpha value is -1.72. The third kappa shape index (κ3) is 5.94. The molecule has 1 aromatic heterocycles. The molecule has 134 valence electrons. The Morgan fingerprint density at radius 3 is 2.56 bits per heavy atom. The normalized spacial score (nSPS) is 12.2. The number of aromatic nitrogens is 1. The van der Waals surface area contributed by atoms with E-state index in [9.17, 15) is 9.59 Å². The first-order valence-electron chi connectivity index (χ1n) is 8.36. The van der Waals surface area contributed by atoms with Gasteiger partial charge in [0.2, 0.25) is 5.91 Å². The van der Waals surface area contributed by atoms with Gasteiger partial charge in [-0.2, -0.15) is 0 Å². The standard InChI is InChI=1S/C19H23ClN2O2S/c1-12(2)10-16(19-21-13(3)11-25-19)22-18(24)9-8-17(23)14-6-4-5-7-15(14)20/h4-7,11-12,16H,8-10H2,1-3H3,(H,22,24). The van der Waals surface area contributed by atoms with Crippen LogP contribution in [0.4, 0.5) is 0 Å². The van der Waals surface area contributed by atoms with Gasteiger partial charge >= 0.3 is 0 Å². The Bertz CT molecular complexity index is 743. The van der Waals surface area contributed by atoms with Crippen LogP contribution in [0.2, 0.25) is 5.02 Å². The van der Waals surface area contributed by atoms with Gasteiger partial charge in [0.15, 0.2) is 5.78 Å². The smallest absolute Gasteiger partial charge is 0.221 e. The second-order valence-electron chi connectivity index (χ2n) is 6.48. The van der Waals surface area contributed by atoms with Gasteiger partial charge in [0, 0.05) is 29.5 Å². The molecule has 0 aliphatic rings. The number of nitrogens with one attached hydrogen (secondary N) is 1. The molecule has 0 saturated carbocycles. The van der Waals surface area contributed by atoms with E-state index in [1.165, 1.54) is 0 Å². The number of hydrogen-bond donors (Lipinski definition) is 1. The first-order valence-corrected chi connectivity index (χ1v) is 9.61. The summed E-state index contributed by atoms with van der Waals surface area (Å²) in [5, 5.41) is 6.34. The zero-order valence-corrected chi connectivity index (χ0v) is 16.3. The molecule has 4 nitrogen and oxygen atoms in total. The molecule has 0 saturated heterocycles. The van der Waals surface area contributed by atoms with Gasteiger partial charge in [-0.1, -0.05) is 37.6 Å². The lowest BCUT2D eigenvalue weighted by atomic mass is 10.0. The van der Waals surface area contributed by atoms with Gasteiger partial charge < -0.3 is 5.32 Å². The van der Waals surface area contributed by atoms with Crippen LogP contribution in [0, 0.1) is 12.8 Å². The predicted molar refractivity (Wildman–Crippen MR) is 102 cm³/mol. The van der Waals surface area contributed by atoms with E-state index in [0.29, 0.717) is 16.5 Å². The van der Waals surface area contributed by atoms with Gasteiger partial charge in [-0.15, -0.1) is 11.3 Å². The molecule has 0 fully saturated rings. The molecule has 2 aromatic rings. The molecule has 2 rings (SSSR count). The lowest BCUT2D eigenvalue weighted by Crippen LogP contribution is -2.29. The third-order valence-corrected chi connectivity index (χ3v) is 5.14. The number of amides is 1. The lowest BCUT2D eigenvalue weighted by Gasteiger charge is -2.18. The Labute approximate surface area is 157 Å². The maximum atomic E-state index is 12.3. The minimum absolute atomic E-state index is 0.110. The first-order chi connectivity index (χ1) is 11.9. The van der Waals surface area contributed by atoms with Gasteiger partial charge in [0.05, 0.1) is 11.1 Å². The largest absolute Gasteiger partial charge is 0.347 e. The molecule has 6 heteroatoms. The molecule has 1 amide bonds. The second kappa shape index (κ2) is 9.11. The van der Waals surface area contributed by atoms with E-state index in [2.05, 4.69) is 24.1 Å². The summed E-state index contributed by atoms with van der Waals surface area (Å²) in [6.07, 6.45) is 1.10. The molecular formula is C19H23ClN2O2S.